The van der Waals surface area contributed by atoms with Crippen LogP contribution in [-0.2, 0) is 4.79 Å². The second kappa shape index (κ2) is 3.93. The van der Waals surface area contributed by atoms with Crippen molar-refractivity contribution in [2.75, 3.05) is 5.32 Å². The van der Waals surface area contributed by atoms with E-state index in [2.05, 4.69) is 10.5 Å². The third-order valence-electron chi connectivity index (χ3n) is 1.50. The van der Waals surface area contributed by atoms with Gasteiger partial charge in [0.2, 0.25) is 0 Å². The van der Waals surface area contributed by atoms with Crippen molar-refractivity contribution in [1.29, 1.82) is 0 Å². The summed E-state index contributed by atoms with van der Waals surface area (Å²) >= 11 is 0. The summed E-state index contributed by atoms with van der Waals surface area (Å²) in [4.78, 5) is 10.3. The highest BCUT2D eigenvalue weighted by atomic mass is 16.5. The number of aryl methyl sites for hydroxylation is 1. The van der Waals surface area contributed by atoms with Gasteiger partial charge in [0.15, 0.2) is 5.82 Å². The summed E-state index contributed by atoms with van der Waals surface area (Å²) in [7, 11) is 0. The molecule has 0 aliphatic carbocycles. The van der Waals surface area contributed by atoms with E-state index in [1.54, 1.807) is 19.9 Å². The Morgan fingerprint density at radius 1 is 1.85 bits per heavy atom. The van der Waals surface area contributed by atoms with Crippen molar-refractivity contribution in [1.82, 2.24) is 5.16 Å². The Morgan fingerprint density at radius 3 is 3.00 bits per heavy atom. The number of carboxylic acid groups (broad SMARTS) is 1. The fraction of sp³-hybridized carbons (Fsp3) is 0.500. The third kappa shape index (κ3) is 3.14. The molecule has 0 radical (unpaired) electrons. The van der Waals surface area contributed by atoms with Crippen molar-refractivity contribution in [2.24, 2.45) is 0 Å². The Hall–Kier alpha value is -1.52. The Kier molecular flexibility index (Phi) is 2.89. The van der Waals surface area contributed by atoms with Crippen LogP contribution in [0.5, 0.6) is 0 Å². The average Bonchev–Trinajstić information content (AvgIpc) is 2.33. The van der Waals surface area contributed by atoms with Crippen LogP contribution in [0.1, 0.15) is 19.1 Å². The van der Waals surface area contributed by atoms with Gasteiger partial charge >= 0.3 is 5.97 Å². The van der Waals surface area contributed by atoms with Crippen molar-refractivity contribution in [3.05, 3.63) is 11.8 Å². The molecular formula is C8H12N2O3. The van der Waals surface area contributed by atoms with E-state index in [4.69, 9.17) is 9.63 Å². The van der Waals surface area contributed by atoms with E-state index in [0.29, 0.717) is 11.6 Å². The quantitative estimate of drug-likeness (QED) is 0.736. The van der Waals surface area contributed by atoms with Crippen LogP contribution in [0.15, 0.2) is 10.6 Å². The van der Waals surface area contributed by atoms with Crippen molar-refractivity contribution < 1.29 is 14.4 Å². The molecule has 13 heavy (non-hydrogen) atoms. The summed E-state index contributed by atoms with van der Waals surface area (Å²) in [5.74, 6) is 0.441. The normalized spacial score (nSPS) is 12.5. The molecule has 5 heteroatoms. The molecule has 0 aliphatic heterocycles. The second-order valence-corrected chi connectivity index (χ2v) is 2.97. The molecule has 0 saturated heterocycles. The van der Waals surface area contributed by atoms with E-state index in [0.717, 1.165) is 0 Å². The lowest BCUT2D eigenvalue weighted by atomic mass is 10.2. The highest BCUT2D eigenvalue weighted by Gasteiger charge is 2.08. The minimum atomic E-state index is -0.833. The fourth-order valence-electron chi connectivity index (χ4n) is 1.000. The third-order valence-corrected chi connectivity index (χ3v) is 1.50. The molecule has 0 saturated carbocycles. The largest absolute Gasteiger partial charge is 0.481 e. The summed E-state index contributed by atoms with van der Waals surface area (Å²) in [5.41, 5.74) is 0. The lowest BCUT2D eigenvalue weighted by Gasteiger charge is -2.08. The van der Waals surface area contributed by atoms with E-state index >= 15 is 0 Å². The first kappa shape index (κ1) is 9.57. The monoisotopic (exact) mass is 184 g/mol. The first-order chi connectivity index (χ1) is 6.08. The number of aliphatic carboxylic acids is 1. The first-order valence-electron chi connectivity index (χ1n) is 3.99. The van der Waals surface area contributed by atoms with Crippen LogP contribution in [0.3, 0.4) is 0 Å². The van der Waals surface area contributed by atoms with E-state index in [1.807, 2.05) is 0 Å². The molecule has 2 N–H and O–H groups in total. The van der Waals surface area contributed by atoms with Crippen LogP contribution in [0.4, 0.5) is 5.82 Å². The van der Waals surface area contributed by atoms with E-state index in [-0.39, 0.29) is 12.5 Å². The van der Waals surface area contributed by atoms with Crippen LogP contribution >= 0.6 is 0 Å². The number of carbonyl (C=O) groups is 1. The van der Waals surface area contributed by atoms with Gasteiger partial charge in [-0.05, 0) is 13.8 Å². The number of nitrogens with one attached hydrogen (secondary N) is 1. The van der Waals surface area contributed by atoms with Crippen molar-refractivity contribution in [2.45, 2.75) is 26.3 Å². The van der Waals surface area contributed by atoms with E-state index in [1.165, 1.54) is 0 Å². The molecule has 1 aromatic rings. The predicted octanol–water partition coefficient (Wildman–Crippen LogP) is 1.26. The number of rotatable bonds is 4. The lowest BCUT2D eigenvalue weighted by Crippen LogP contribution is -2.19. The number of nitrogens with zero attached hydrogens (tertiary/aromatic N) is 1. The lowest BCUT2D eigenvalue weighted by molar-refractivity contribution is -0.137. The molecule has 1 aromatic heterocycles. The Bertz CT molecular complexity index is 295. The Labute approximate surface area is 75.7 Å². The second-order valence-electron chi connectivity index (χ2n) is 2.97. The van der Waals surface area contributed by atoms with Gasteiger partial charge in [0.25, 0.3) is 0 Å². The van der Waals surface area contributed by atoms with Gasteiger partial charge in [-0.2, -0.15) is 0 Å². The molecule has 1 rings (SSSR count). The summed E-state index contributed by atoms with van der Waals surface area (Å²) < 4.78 is 4.81. The average molecular weight is 184 g/mol. The highest BCUT2D eigenvalue weighted by Crippen LogP contribution is 2.09. The molecule has 1 atom stereocenters. The van der Waals surface area contributed by atoms with Gasteiger partial charge in [0.1, 0.15) is 5.76 Å². The SMILES string of the molecule is Cc1cc(NC(C)CC(=O)O)no1. The maximum Gasteiger partial charge on any atom is 0.305 e. The number of anilines is 1. The molecule has 5 nitrogen and oxygen atoms in total. The standard InChI is InChI=1S/C8H12N2O3/c1-5(3-8(11)12)9-7-4-6(2)13-10-7/h4-5H,3H2,1-2H3,(H,9,10)(H,11,12). The summed E-state index contributed by atoms with van der Waals surface area (Å²) in [6.45, 7) is 3.55. The number of aromatic nitrogens is 1. The van der Waals surface area contributed by atoms with E-state index < -0.39 is 5.97 Å². The smallest absolute Gasteiger partial charge is 0.305 e. The van der Waals surface area contributed by atoms with Gasteiger partial charge in [-0.3, -0.25) is 4.79 Å². The molecule has 72 valence electrons. The van der Waals surface area contributed by atoms with Crippen LogP contribution in [0.2, 0.25) is 0 Å². The number of hydrogen-bond donors (Lipinski definition) is 2. The zero-order valence-electron chi connectivity index (χ0n) is 7.57. The first-order valence-corrected chi connectivity index (χ1v) is 3.99. The molecule has 0 bridgehead atoms. The molecule has 0 aliphatic rings. The maximum absolute atomic E-state index is 10.3. The van der Waals surface area contributed by atoms with Crippen molar-refractivity contribution in [3.63, 3.8) is 0 Å². The van der Waals surface area contributed by atoms with Crippen LogP contribution in [-0.4, -0.2) is 22.3 Å². The Morgan fingerprint density at radius 2 is 2.54 bits per heavy atom. The molecule has 1 unspecified atom stereocenters. The molecule has 0 amide bonds. The van der Waals surface area contributed by atoms with Gasteiger partial charge < -0.3 is 14.9 Å². The minimum Gasteiger partial charge on any atom is -0.481 e. The van der Waals surface area contributed by atoms with Gasteiger partial charge in [-0.15, -0.1) is 0 Å². The highest BCUT2D eigenvalue weighted by molar-refractivity contribution is 5.68. The molecular weight excluding hydrogens is 172 g/mol. The molecule has 0 spiro atoms. The molecule has 0 fully saturated rings. The topological polar surface area (TPSA) is 75.4 Å². The number of carboxylic acids is 1. The zero-order chi connectivity index (χ0) is 9.84. The van der Waals surface area contributed by atoms with Gasteiger partial charge in [-0.1, -0.05) is 5.16 Å². The minimum absolute atomic E-state index is 0.0614. The molecule has 0 aromatic carbocycles. The summed E-state index contributed by atoms with van der Waals surface area (Å²) in [6.07, 6.45) is 0.0614. The van der Waals surface area contributed by atoms with E-state index in [9.17, 15) is 4.79 Å². The van der Waals surface area contributed by atoms with Crippen LogP contribution in [0.25, 0.3) is 0 Å². The number of hydrogen-bond acceptors (Lipinski definition) is 4. The molecule has 1 heterocycles. The summed E-state index contributed by atoms with van der Waals surface area (Å²) in [5, 5.41) is 15.1. The van der Waals surface area contributed by atoms with Crippen LogP contribution < -0.4 is 5.32 Å². The van der Waals surface area contributed by atoms with Gasteiger partial charge in [0, 0.05) is 12.1 Å². The zero-order valence-corrected chi connectivity index (χ0v) is 7.57. The fourth-order valence-corrected chi connectivity index (χ4v) is 1.000. The predicted molar refractivity (Wildman–Crippen MR) is 46.6 cm³/mol. The maximum atomic E-state index is 10.3. The van der Waals surface area contributed by atoms with Crippen LogP contribution in [0, 0.1) is 6.92 Å². The van der Waals surface area contributed by atoms with Gasteiger partial charge in [0.05, 0.1) is 6.42 Å². The van der Waals surface area contributed by atoms with Gasteiger partial charge in [-0.25, -0.2) is 0 Å². The van der Waals surface area contributed by atoms with Crippen molar-refractivity contribution >= 4 is 11.8 Å². The summed E-state index contributed by atoms with van der Waals surface area (Å²) in [6, 6.07) is 1.57. The Balaban J connectivity index is 2.44. The van der Waals surface area contributed by atoms with Crippen molar-refractivity contribution in [3.8, 4) is 0 Å².